The van der Waals surface area contributed by atoms with E-state index in [9.17, 15) is 9.90 Å². The highest BCUT2D eigenvalue weighted by Crippen LogP contribution is 2.25. The largest absolute Gasteiger partial charge is 0.497 e. The number of benzene rings is 1. The van der Waals surface area contributed by atoms with E-state index in [-0.39, 0.29) is 12.5 Å². The van der Waals surface area contributed by atoms with Gasteiger partial charge in [-0.1, -0.05) is 0 Å². The maximum Gasteiger partial charge on any atom is 0.260 e. The Bertz CT molecular complexity index is 436. The molecule has 6 nitrogen and oxygen atoms in total. The van der Waals surface area contributed by atoms with Gasteiger partial charge in [-0.25, -0.2) is 0 Å². The Morgan fingerprint density at radius 1 is 1.40 bits per heavy atom. The molecule has 1 aromatic carbocycles. The maximum atomic E-state index is 11.8. The number of ether oxygens (including phenoxy) is 3. The molecule has 1 amide bonds. The fourth-order valence-electron chi connectivity index (χ4n) is 1.59. The number of carbonyl (C=O) groups is 1. The Balaban J connectivity index is 2.65. The number of rotatable bonds is 8. The predicted octanol–water partition coefficient (Wildman–Crippen LogP) is 0.717. The van der Waals surface area contributed by atoms with E-state index in [1.54, 1.807) is 39.3 Å². The molecule has 0 aliphatic carbocycles. The molecule has 0 bridgehead atoms. The van der Waals surface area contributed by atoms with E-state index >= 15 is 0 Å². The topological polar surface area (TPSA) is 77.0 Å². The van der Waals surface area contributed by atoms with Crippen LogP contribution in [0.25, 0.3) is 0 Å². The van der Waals surface area contributed by atoms with Gasteiger partial charge in [0.1, 0.15) is 11.5 Å². The summed E-state index contributed by atoms with van der Waals surface area (Å²) in [6, 6.07) is 5.05. The quantitative estimate of drug-likeness (QED) is 0.687. The van der Waals surface area contributed by atoms with Crippen molar-refractivity contribution in [3.05, 3.63) is 23.8 Å². The van der Waals surface area contributed by atoms with E-state index in [1.807, 2.05) is 0 Å². The van der Waals surface area contributed by atoms with Crippen molar-refractivity contribution < 1.29 is 24.1 Å². The van der Waals surface area contributed by atoms with Crippen LogP contribution in [0.2, 0.25) is 0 Å². The molecule has 20 heavy (non-hydrogen) atoms. The van der Waals surface area contributed by atoms with Crippen molar-refractivity contribution in [2.24, 2.45) is 0 Å². The standard InChI is InChI=1S/C14H21NO5/c1-10(14(17)15-6-7-18-2)20-13-5-4-12(19-3)8-11(13)9-16/h4-5,8,10,16H,6-7,9H2,1-3H3,(H,15,17). The van der Waals surface area contributed by atoms with Gasteiger partial charge in [0.25, 0.3) is 5.91 Å². The van der Waals surface area contributed by atoms with Gasteiger partial charge in [0, 0.05) is 19.2 Å². The zero-order chi connectivity index (χ0) is 15.0. The van der Waals surface area contributed by atoms with E-state index in [0.717, 1.165) is 0 Å². The summed E-state index contributed by atoms with van der Waals surface area (Å²) in [5.41, 5.74) is 0.570. The molecule has 1 atom stereocenters. The van der Waals surface area contributed by atoms with E-state index in [0.29, 0.717) is 30.2 Å². The monoisotopic (exact) mass is 283 g/mol. The van der Waals surface area contributed by atoms with Crippen molar-refractivity contribution in [3.63, 3.8) is 0 Å². The molecule has 112 valence electrons. The molecule has 0 saturated heterocycles. The Labute approximate surface area is 118 Å². The summed E-state index contributed by atoms with van der Waals surface area (Å²) in [4.78, 5) is 11.8. The van der Waals surface area contributed by atoms with Crippen LogP contribution in [-0.2, 0) is 16.1 Å². The summed E-state index contributed by atoms with van der Waals surface area (Å²) in [7, 11) is 3.11. The minimum Gasteiger partial charge on any atom is -0.497 e. The fraction of sp³-hybridized carbons (Fsp3) is 0.500. The first-order valence-electron chi connectivity index (χ1n) is 6.33. The average molecular weight is 283 g/mol. The van der Waals surface area contributed by atoms with Crippen molar-refractivity contribution in [3.8, 4) is 11.5 Å². The second-order valence-electron chi connectivity index (χ2n) is 4.18. The zero-order valence-corrected chi connectivity index (χ0v) is 12.0. The van der Waals surface area contributed by atoms with Crippen molar-refractivity contribution in [2.75, 3.05) is 27.4 Å². The number of methoxy groups -OCH3 is 2. The molecule has 2 N–H and O–H groups in total. The van der Waals surface area contributed by atoms with Crippen LogP contribution in [0.1, 0.15) is 12.5 Å². The first-order chi connectivity index (χ1) is 9.62. The normalized spacial score (nSPS) is 11.8. The molecule has 1 rings (SSSR count). The third-order valence-electron chi connectivity index (χ3n) is 2.72. The van der Waals surface area contributed by atoms with Crippen LogP contribution in [0.15, 0.2) is 18.2 Å². The molecule has 1 aromatic rings. The molecule has 6 heteroatoms. The first-order valence-corrected chi connectivity index (χ1v) is 6.33. The lowest BCUT2D eigenvalue weighted by Crippen LogP contribution is -2.38. The van der Waals surface area contributed by atoms with Gasteiger partial charge in [0.15, 0.2) is 6.10 Å². The lowest BCUT2D eigenvalue weighted by atomic mass is 10.2. The molecule has 0 saturated carbocycles. The molecule has 0 aromatic heterocycles. The highest BCUT2D eigenvalue weighted by molar-refractivity contribution is 5.80. The Kier molecular flexibility index (Phi) is 6.83. The van der Waals surface area contributed by atoms with Crippen LogP contribution < -0.4 is 14.8 Å². The second kappa shape index (κ2) is 8.39. The number of carbonyl (C=O) groups excluding carboxylic acids is 1. The smallest absolute Gasteiger partial charge is 0.260 e. The highest BCUT2D eigenvalue weighted by atomic mass is 16.5. The molecule has 0 fully saturated rings. The number of amides is 1. The third kappa shape index (κ3) is 4.71. The minimum atomic E-state index is -0.662. The van der Waals surface area contributed by atoms with Crippen LogP contribution in [0.4, 0.5) is 0 Å². The Hall–Kier alpha value is -1.79. The van der Waals surface area contributed by atoms with E-state index in [1.165, 1.54) is 0 Å². The van der Waals surface area contributed by atoms with E-state index in [2.05, 4.69) is 5.32 Å². The predicted molar refractivity (Wildman–Crippen MR) is 73.9 cm³/mol. The lowest BCUT2D eigenvalue weighted by Gasteiger charge is -2.17. The van der Waals surface area contributed by atoms with Crippen LogP contribution >= 0.6 is 0 Å². The molecule has 0 heterocycles. The van der Waals surface area contributed by atoms with E-state index in [4.69, 9.17) is 14.2 Å². The summed E-state index contributed by atoms with van der Waals surface area (Å²) in [5.74, 6) is 0.850. The van der Waals surface area contributed by atoms with Crippen LogP contribution in [0.5, 0.6) is 11.5 Å². The average Bonchev–Trinajstić information content (AvgIpc) is 2.47. The Morgan fingerprint density at radius 2 is 2.15 bits per heavy atom. The number of nitrogens with one attached hydrogen (secondary N) is 1. The molecule has 0 radical (unpaired) electrons. The molecule has 0 aliphatic rings. The zero-order valence-electron chi connectivity index (χ0n) is 12.0. The SMILES string of the molecule is COCCNC(=O)C(C)Oc1ccc(OC)cc1CO. The van der Waals surface area contributed by atoms with Gasteiger partial charge < -0.3 is 24.6 Å². The van der Waals surface area contributed by atoms with Crippen molar-refractivity contribution in [1.29, 1.82) is 0 Å². The Morgan fingerprint density at radius 3 is 2.75 bits per heavy atom. The molecule has 1 unspecified atom stereocenters. The van der Waals surface area contributed by atoms with Crippen LogP contribution in [0, 0.1) is 0 Å². The third-order valence-corrected chi connectivity index (χ3v) is 2.72. The van der Waals surface area contributed by atoms with Gasteiger partial charge in [-0.15, -0.1) is 0 Å². The summed E-state index contributed by atoms with van der Waals surface area (Å²) in [6.45, 7) is 2.33. The molecule has 0 aliphatic heterocycles. The maximum absolute atomic E-state index is 11.8. The second-order valence-corrected chi connectivity index (χ2v) is 4.18. The molecular formula is C14H21NO5. The number of hydrogen-bond donors (Lipinski definition) is 2. The summed E-state index contributed by atoms with van der Waals surface area (Å²) in [6.07, 6.45) is -0.662. The van der Waals surface area contributed by atoms with Gasteiger partial charge in [-0.3, -0.25) is 4.79 Å². The molecule has 0 spiro atoms. The number of hydrogen-bond acceptors (Lipinski definition) is 5. The van der Waals surface area contributed by atoms with Crippen molar-refractivity contribution in [1.82, 2.24) is 5.32 Å². The number of aliphatic hydroxyl groups excluding tert-OH is 1. The van der Waals surface area contributed by atoms with Crippen molar-refractivity contribution in [2.45, 2.75) is 19.6 Å². The fourth-order valence-corrected chi connectivity index (χ4v) is 1.59. The van der Waals surface area contributed by atoms with E-state index < -0.39 is 6.10 Å². The summed E-state index contributed by atoms with van der Waals surface area (Å²) < 4.78 is 15.5. The van der Waals surface area contributed by atoms with Gasteiger partial charge in [-0.05, 0) is 25.1 Å². The molecular weight excluding hydrogens is 262 g/mol. The van der Waals surface area contributed by atoms with Gasteiger partial charge in [-0.2, -0.15) is 0 Å². The van der Waals surface area contributed by atoms with Crippen LogP contribution in [0.3, 0.4) is 0 Å². The lowest BCUT2D eigenvalue weighted by molar-refractivity contribution is -0.127. The summed E-state index contributed by atoms with van der Waals surface area (Å²) in [5, 5.41) is 12.0. The van der Waals surface area contributed by atoms with Gasteiger partial charge >= 0.3 is 0 Å². The highest BCUT2D eigenvalue weighted by Gasteiger charge is 2.16. The minimum absolute atomic E-state index is 0.190. The van der Waals surface area contributed by atoms with Gasteiger partial charge in [0.2, 0.25) is 0 Å². The van der Waals surface area contributed by atoms with Crippen molar-refractivity contribution >= 4 is 5.91 Å². The van der Waals surface area contributed by atoms with Crippen LogP contribution in [-0.4, -0.2) is 44.5 Å². The first kappa shape index (κ1) is 16.3. The number of aliphatic hydroxyl groups is 1. The van der Waals surface area contributed by atoms with Gasteiger partial charge in [0.05, 0.1) is 20.3 Å². The summed E-state index contributed by atoms with van der Waals surface area (Å²) >= 11 is 0.